The Morgan fingerprint density at radius 2 is 2.12 bits per heavy atom. The third kappa shape index (κ3) is 2.50. The molecule has 4 nitrogen and oxygen atoms in total. The van der Waals surface area contributed by atoms with Crippen molar-refractivity contribution in [3.05, 3.63) is 17.0 Å². The minimum Gasteiger partial charge on any atom is -0.385 e. The van der Waals surface area contributed by atoms with Crippen molar-refractivity contribution < 1.29 is 9.53 Å². The first-order chi connectivity index (χ1) is 7.49. The quantitative estimate of drug-likeness (QED) is 0.717. The van der Waals surface area contributed by atoms with E-state index < -0.39 is 0 Å². The van der Waals surface area contributed by atoms with Crippen LogP contribution in [0.15, 0.2) is 0 Å². The highest BCUT2D eigenvalue weighted by atomic mass is 16.5. The van der Waals surface area contributed by atoms with Crippen molar-refractivity contribution in [3.8, 4) is 0 Å². The zero-order chi connectivity index (χ0) is 12.3. The Balaban J connectivity index is 2.87. The van der Waals surface area contributed by atoms with Gasteiger partial charge in [0, 0.05) is 32.4 Å². The molecule has 1 unspecified atom stereocenters. The molecule has 0 spiro atoms. The first-order valence-corrected chi connectivity index (χ1v) is 5.52. The number of hydrogen-bond acceptors (Lipinski definition) is 3. The van der Waals surface area contributed by atoms with E-state index in [1.54, 1.807) is 11.8 Å². The Morgan fingerprint density at radius 3 is 2.56 bits per heavy atom. The van der Waals surface area contributed by atoms with Gasteiger partial charge in [-0.1, -0.05) is 6.92 Å². The molecule has 4 heteroatoms. The monoisotopic (exact) mass is 224 g/mol. The Morgan fingerprint density at radius 1 is 1.50 bits per heavy atom. The van der Waals surface area contributed by atoms with Gasteiger partial charge in [0.25, 0.3) is 0 Å². The van der Waals surface area contributed by atoms with E-state index in [1.165, 1.54) is 0 Å². The van der Waals surface area contributed by atoms with Crippen molar-refractivity contribution in [2.45, 2.75) is 27.2 Å². The van der Waals surface area contributed by atoms with Crippen molar-refractivity contribution in [1.82, 2.24) is 9.78 Å². The van der Waals surface area contributed by atoms with Gasteiger partial charge in [-0.15, -0.1) is 0 Å². The molecule has 0 bridgehead atoms. The molecule has 16 heavy (non-hydrogen) atoms. The van der Waals surface area contributed by atoms with Gasteiger partial charge in [-0.3, -0.25) is 9.48 Å². The van der Waals surface area contributed by atoms with Crippen LogP contribution < -0.4 is 0 Å². The van der Waals surface area contributed by atoms with E-state index in [2.05, 4.69) is 5.10 Å². The molecule has 1 aromatic heterocycles. The molecular formula is C12H20N2O2. The molecule has 0 fully saturated rings. The van der Waals surface area contributed by atoms with E-state index in [9.17, 15) is 4.79 Å². The fraction of sp³-hybridized carbons (Fsp3) is 0.667. The first-order valence-electron chi connectivity index (χ1n) is 5.52. The third-order valence-electron chi connectivity index (χ3n) is 2.96. The first kappa shape index (κ1) is 12.9. The van der Waals surface area contributed by atoms with E-state index in [0.717, 1.165) is 23.4 Å². The summed E-state index contributed by atoms with van der Waals surface area (Å²) in [4.78, 5) is 12.2. The molecule has 90 valence electrons. The van der Waals surface area contributed by atoms with Crippen molar-refractivity contribution >= 4 is 5.78 Å². The molecular weight excluding hydrogens is 204 g/mol. The van der Waals surface area contributed by atoms with Gasteiger partial charge in [0.05, 0.1) is 11.3 Å². The average molecular weight is 224 g/mol. The number of Topliss-reactive ketones (excluding diaryl/α,β-unsaturated/α-hetero) is 1. The summed E-state index contributed by atoms with van der Waals surface area (Å²) >= 11 is 0. The van der Waals surface area contributed by atoms with Crippen LogP contribution in [0.4, 0.5) is 0 Å². The largest absolute Gasteiger partial charge is 0.385 e. The van der Waals surface area contributed by atoms with Crippen LogP contribution in [0.3, 0.4) is 0 Å². The van der Waals surface area contributed by atoms with Crippen LogP contribution in [0.2, 0.25) is 0 Å². The number of rotatable bonds is 5. The summed E-state index contributed by atoms with van der Waals surface area (Å²) in [5, 5.41) is 4.26. The van der Waals surface area contributed by atoms with Gasteiger partial charge in [0.15, 0.2) is 5.78 Å². The number of nitrogens with zero attached hydrogens (tertiary/aromatic N) is 2. The molecule has 0 aromatic carbocycles. The molecule has 1 rings (SSSR count). The number of aryl methyl sites for hydroxylation is 2. The standard InChI is InChI=1S/C12H20N2O2/c1-8(6-7-16-5)12(15)11-9(2)13-14(4)10(11)3/h8H,6-7H2,1-5H3. The van der Waals surface area contributed by atoms with Gasteiger partial charge in [-0.05, 0) is 20.3 Å². The zero-order valence-electron chi connectivity index (χ0n) is 10.7. The summed E-state index contributed by atoms with van der Waals surface area (Å²) in [5.41, 5.74) is 2.52. The summed E-state index contributed by atoms with van der Waals surface area (Å²) in [6.07, 6.45) is 0.753. The Labute approximate surface area is 96.6 Å². The smallest absolute Gasteiger partial charge is 0.169 e. The van der Waals surface area contributed by atoms with E-state index in [4.69, 9.17) is 4.74 Å². The lowest BCUT2D eigenvalue weighted by Gasteiger charge is -2.09. The summed E-state index contributed by atoms with van der Waals surface area (Å²) in [6.45, 7) is 6.36. The number of ether oxygens (including phenoxy) is 1. The number of carbonyl (C=O) groups is 1. The van der Waals surface area contributed by atoms with Crippen LogP contribution in [0.5, 0.6) is 0 Å². The molecule has 0 amide bonds. The molecule has 0 radical (unpaired) electrons. The summed E-state index contributed by atoms with van der Waals surface area (Å²) in [5.74, 6) is 0.154. The van der Waals surface area contributed by atoms with E-state index in [0.29, 0.717) is 6.61 Å². The number of hydrogen-bond donors (Lipinski definition) is 0. The lowest BCUT2D eigenvalue weighted by atomic mass is 9.95. The second-order valence-electron chi connectivity index (χ2n) is 4.22. The highest BCUT2D eigenvalue weighted by Crippen LogP contribution is 2.18. The Bertz CT molecular complexity index is 383. The highest BCUT2D eigenvalue weighted by Gasteiger charge is 2.22. The molecule has 1 heterocycles. The predicted octanol–water partition coefficient (Wildman–Crippen LogP) is 1.89. The van der Waals surface area contributed by atoms with Crippen LogP contribution in [0.25, 0.3) is 0 Å². The molecule has 1 aromatic rings. The number of ketones is 1. The minimum atomic E-state index is -0.0125. The molecule has 1 atom stereocenters. The molecule has 0 saturated heterocycles. The van der Waals surface area contributed by atoms with Crippen LogP contribution in [0.1, 0.15) is 35.1 Å². The lowest BCUT2D eigenvalue weighted by Crippen LogP contribution is -2.15. The maximum absolute atomic E-state index is 12.2. The SMILES string of the molecule is COCCC(C)C(=O)c1c(C)nn(C)c1C. The van der Waals surface area contributed by atoms with Gasteiger partial charge in [0.2, 0.25) is 0 Å². The van der Waals surface area contributed by atoms with Crippen molar-refractivity contribution in [2.24, 2.45) is 13.0 Å². The van der Waals surface area contributed by atoms with E-state index in [-0.39, 0.29) is 11.7 Å². The van der Waals surface area contributed by atoms with Gasteiger partial charge in [-0.25, -0.2) is 0 Å². The van der Waals surface area contributed by atoms with Crippen molar-refractivity contribution in [2.75, 3.05) is 13.7 Å². The Kier molecular flexibility index (Phi) is 4.24. The predicted molar refractivity (Wildman–Crippen MR) is 62.7 cm³/mol. The molecule has 0 aliphatic carbocycles. The average Bonchev–Trinajstić information content (AvgIpc) is 2.49. The maximum atomic E-state index is 12.2. The molecule has 0 saturated carbocycles. The van der Waals surface area contributed by atoms with Crippen molar-refractivity contribution in [1.29, 1.82) is 0 Å². The Hall–Kier alpha value is -1.16. The summed E-state index contributed by atoms with van der Waals surface area (Å²) in [6, 6.07) is 0. The van der Waals surface area contributed by atoms with Gasteiger partial charge in [-0.2, -0.15) is 5.10 Å². The minimum absolute atomic E-state index is 0.0125. The third-order valence-corrected chi connectivity index (χ3v) is 2.96. The fourth-order valence-corrected chi connectivity index (χ4v) is 1.80. The van der Waals surface area contributed by atoms with Gasteiger partial charge >= 0.3 is 0 Å². The normalized spacial score (nSPS) is 12.8. The van der Waals surface area contributed by atoms with Crippen LogP contribution in [0, 0.1) is 19.8 Å². The van der Waals surface area contributed by atoms with Crippen molar-refractivity contribution in [3.63, 3.8) is 0 Å². The molecule has 0 aliphatic heterocycles. The van der Waals surface area contributed by atoms with Crippen LogP contribution in [-0.4, -0.2) is 29.3 Å². The van der Waals surface area contributed by atoms with E-state index in [1.807, 2.05) is 27.8 Å². The lowest BCUT2D eigenvalue weighted by molar-refractivity contribution is 0.0892. The topological polar surface area (TPSA) is 44.1 Å². The zero-order valence-corrected chi connectivity index (χ0v) is 10.7. The fourth-order valence-electron chi connectivity index (χ4n) is 1.80. The van der Waals surface area contributed by atoms with Gasteiger partial charge < -0.3 is 4.74 Å². The number of methoxy groups -OCH3 is 1. The van der Waals surface area contributed by atoms with E-state index >= 15 is 0 Å². The molecule has 0 aliphatic rings. The summed E-state index contributed by atoms with van der Waals surface area (Å²) < 4.78 is 6.75. The number of carbonyl (C=O) groups excluding carboxylic acids is 1. The maximum Gasteiger partial charge on any atom is 0.169 e. The van der Waals surface area contributed by atoms with Crippen LogP contribution in [-0.2, 0) is 11.8 Å². The second-order valence-corrected chi connectivity index (χ2v) is 4.22. The van der Waals surface area contributed by atoms with Gasteiger partial charge in [0.1, 0.15) is 0 Å². The highest BCUT2D eigenvalue weighted by molar-refractivity contribution is 5.99. The molecule has 0 N–H and O–H groups in total. The number of aromatic nitrogens is 2. The second kappa shape index (κ2) is 5.25. The summed E-state index contributed by atoms with van der Waals surface area (Å²) in [7, 11) is 3.51. The van der Waals surface area contributed by atoms with Crippen LogP contribution >= 0.6 is 0 Å².